The maximum Gasteiger partial charge on any atom is 0.334 e. The van der Waals surface area contributed by atoms with Crippen molar-refractivity contribution in [3.63, 3.8) is 0 Å². The van der Waals surface area contributed by atoms with E-state index < -0.39 is 43.7 Å². The van der Waals surface area contributed by atoms with E-state index in [-0.39, 0.29) is 6.54 Å². The van der Waals surface area contributed by atoms with Gasteiger partial charge in [0.15, 0.2) is 11.5 Å². The minimum atomic E-state index is -4.39. The zero-order valence-electron chi connectivity index (χ0n) is 14.2. The maximum absolute atomic E-state index is 12.6. The Balaban J connectivity index is 3.07. The van der Waals surface area contributed by atoms with Crippen molar-refractivity contribution in [3.05, 3.63) is 47.0 Å². The molecule has 0 spiro atoms. The first-order chi connectivity index (χ1) is 11.5. The summed E-state index contributed by atoms with van der Waals surface area (Å²) in [6.45, 7) is 7.38. The van der Waals surface area contributed by atoms with Crippen LogP contribution >= 0.6 is 0 Å². The Morgan fingerprint density at radius 3 is 2.48 bits per heavy atom. The van der Waals surface area contributed by atoms with Gasteiger partial charge in [-0.05, 0) is 26.8 Å². The van der Waals surface area contributed by atoms with E-state index in [2.05, 4.69) is 6.58 Å². The van der Waals surface area contributed by atoms with Gasteiger partial charge in [-0.3, -0.25) is 15.0 Å². The van der Waals surface area contributed by atoms with Crippen LogP contribution in [0.3, 0.4) is 0 Å². The molecule has 0 bridgehead atoms. The number of rotatable bonds is 8. The van der Waals surface area contributed by atoms with Crippen LogP contribution in [0.1, 0.15) is 20.8 Å². The molecule has 0 fully saturated rings. The van der Waals surface area contributed by atoms with Gasteiger partial charge in [0, 0.05) is 6.07 Å². The van der Waals surface area contributed by atoms with Crippen LogP contribution in [0.4, 0.5) is 5.69 Å². The molecule has 1 aromatic carbocycles. The first kappa shape index (κ1) is 20.7. The predicted molar refractivity (Wildman–Crippen MR) is 89.0 cm³/mol. The Hall–Kier alpha value is -2.30. The lowest BCUT2D eigenvalue weighted by Gasteiger charge is -2.22. The average Bonchev–Trinajstić information content (AvgIpc) is 2.49. The number of nitrogens with zero attached hydrogens (tertiary/aromatic N) is 2. The highest BCUT2D eigenvalue weighted by Gasteiger charge is 2.32. The summed E-state index contributed by atoms with van der Waals surface area (Å²) in [5.74, 6) is -0.778. The van der Waals surface area contributed by atoms with Crippen LogP contribution in [0.25, 0.3) is 0 Å². The lowest BCUT2D eigenvalue weighted by Crippen LogP contribution is -2.35. The smallest absolute Gasteiger partial charge is 0.334 e. The molecule has 0 amide bonds. The molecule has 0 saturated heterocycles. The Bertz CT molecular complexity index is 753. The summed E-state index contributed by atoms with van der Waals surface area (Å²) in [5, 5.41) is 11.1. The highest BCUT2D eigenvalue weighted by molar-refractivity contribution is 7.89. The zero-order valence-corrected chi connectivity index (χ0v) is 15.0. The van der Waals surface area contributed by atoms with E-state index in [0.717, 1.165) is 12.1 Å². The molecule has 0 aliphatic rings. The van der Waals surface area contributed by atoms with Crippen molar-refractivity contribution < 1.29 is 27.7 Å². The van der Waals surface area contributed by atoms with Gasteiger partial charge in [0.1, 0.15) is 5.60 Å². The molecular formula is C15H20N2O7S. The summed E-state index contributed by atoms with van der Waals surface area (Å²) in [6, 6.07) is 4.84. The molecule has 0 aliphatic heterocycles. The molecule has 10 heteroatoms. The summed E-state index contributed by atoms with van der Waals surface area (Å²) in [6.07, 6.45) is 1.22. The van der Waals surface area contributed by atoms with Crippen LogP contribution in [-0.2, 0) is 24.4 Å². The largest absolute Gasteiger partial charge is 0.458 e. The summed E-state index contributed by atoms with van der Waals surface area (Å²) in [5.41, 5.74) is -1.36. The third-order valence-corrected chi connectivity index (χ3v) is 4.32. The number of ether oxygens (including phenoxy) is 1. The normalized spacial score (nSPS) is 12.0. The summed E-state index contributed by atoms with van der Waals surface area (Å²) >= 11 is 0. The van der Waals surface area contributed by atoms with Gasteiger partial charge in [0.05, 0.1) is 11.5 Å². The van der Waals surface area contributed by atoms with Crippen LogP contribution in [0, 0.1) is 10.1 Å². The van der Waals surface area contributed by atoms with Crippen molar-refractivity contribution in [2.75, 3.05) is 13.2 Å². The van der Waals surface area contributed by atoms with Gasteiger partial charge in [-0.1, -0.05) is 22.7 Å². The second-order valence-corrected chi connectivity index (χ2v) is 7.66. The van der Waals surface area contributed by atoms with Crippen LogP contribution in [0.2, 0.25) is 0 Å². The first-order valence-corrected chi connectivity index (χ1v) is 8.65. The Kier molecular flexibility index (Phi) is 6.79. The van der Waals surface area contributed by atoms with E-state index in [1.165, 1.54) is 18.2 Å². The van der Waals surface area contributed by atoms with Crippen molar-refractivity contribution in [1.82, 2.24) is 4.47 Å². The Morgan fingerprint density at radius 1 is 1.36 bits per heavy atom. The molecule has 25 heavy (non-hydrogen) atoms. The van der Waals surface area contributed by atoms with E-state index in [4.69, 9.17) is 9.57 Å². The average molecular weight is 372 g/mol. The van der Waals surface area contributed by atoms with Gasteiger partial charge in [-0.25, -0.2) is 13.2 Å². The monoisotopic (exact) mass is 372 g/mol. The fraction of sp³-hybridized carbons (Fsp3) is 0.400. The van der Waals surface area contributed by atoms with Gasteiger partial charge in [0.2, 0.25) is 0 Å². The van der Waals surface area contributed by atoms with Crippen LogP contribution in [0.5, 0.6) is 0 Å². The molecule has 1 rings (SSSR count). The molecular weight excluding hydrogens is 352 g/mol. The first-order valence-electron chi connectivity index (χ1n) is 7.21. The summed E-state index contributed by atoms with van der Waals surface area (Å²) in [7, 11) is -4.39. The number of carbonyl (C=O) groups excluding carboxylic acids is 1. The third-order valence-electron chi connectivity index (χ3n) is 2.63. The van der Waals surface area contributed by atoms with Crippen molar-refractivity contribution in [1.29, 1.82) is 0 Å². The number of carbonyl (C=O) groups is 1. The van der Waals surface area contributed by atoms with Gasteiger partial charge in [-0.15, -0.1) is 6.58 Å². The number of para-hydroxylation sites is 1. The van der Waals surface area contributed by atoms with Crippen LogP contribution in [0.15, 0.2) is 41.8 Å². The molecule has 138 valence electrons. The van der Waals surface area contributed by atoms with E-state index in [0.29, 0.717) is 4.47 Å². The summed E-state index contributed by atoms with van der Waals surface area (Å²) in [4.78, 5) is 26.4. The number of nitro groups is 1. The fourth-order valence-electron chi connectivity index (χ4n) is 1.76. The molecule has 0 atom stereocenters. The second kappa shape index (κ2) is 8.19. The number of hydrogen-bond acceptors (Lipinski definition) is 7. The minimum absolute atomic E-state index is 0.308. The van der Waals surface area contributed by atoms with Crippen molar-refractivity contribution >= 4 is 21.7 Å². The highest BCUT2D eigenvalue weighted by Crippen LogP contribution is 2.26. The fourth-order valence-corrected chi connectivity index (χ4v) is 3.13. The van der Waals surface area contributed by atoms with Crippen molar-refractivity contribution in [2.45, 2.75) is 31.3 Å². The number of hydroxylamine groups is 1. The number of esters is 1. The third kappa shape index (κ3) is 5.93. The van der Waals surface area contributed by atoms with E-state index in [1.54, 1.807) is 20.8 Å². The molecule has 0 radical (unpaired) electrons. The van der Waals surface area contributed by atoms with Gasteiger partial charge in [-0.2, -0.15) is 0 Å². The molecule has 9 nitrogen and oxygen atoms in total. The van der Waals surface area contributed by atoms with Gasteiger partial charge < -0.3 is 4.74 Å². The second-order valence-electron chi connectivity index (χ2n) is 5.86. The number of benzene rings is 1. The van der Waals surface area contributed by atoms with Crippen molar-refractivity contribution in [3.8, 4) is 0 Å². The highest BCUT2D eigenvalue weighted by atomic mass is 32.2. The molecule has 0 aromatic heterocycles. The quantitative estimate of drug-likeness (QED) is 0.297. The number of sulfonamides is 1. The molecule has 1 aromatic rings. The lowest BCUT2D eigenvalue weighted by molar-refractivity contribution is -0.387. The summed E-state index contributed by atoms with van der Waals surface area (Å²) < 4.78 is 30.8. The molecule has 0 saturated carbocycles. The van der Waals surface area contributed by atoms with Gasteiger partial charge in [0.25, 0.3) is 15.7 Å². The topological polar surface area (TPSA) is 116 Å². The molecule has 0 heterocycles. The Morgan fingerprint density at radius 2 is 1.96 bits per heavy atom. The molecule has 0 unspecified atom stereocenters. The van der Waals surface area contributed by atoms with Gasteiger partial charge >= 0.3 is 5.97 Å². The Labute approximate surface area is 146 Å². The standard InChI is InChI=1S/C15H20N2O7S/c1-5-10-16(23-11-14(18)24-15(2,3)4)25(21,22)13-9-7-6-8-12(13)17(19)20/h5-9H,1,10-11H2,2-4H3. The number of hydrogen-bond donors (Lipinski definition) is 0. The molecule has 0 N–H and O–H groups in total. The number of nitro benzene ring substituents is 1. The van der Waals surface area contributed by atoms with Crippen LogP contribution in [-0.4, -0.2) is 42.5 Å². The predicted octanol–water partition coefficient (Wildman–Crippen LogP) is 2.04. The maximum atomic E-state index is 12.6. The minimum Gasteiger partial charge on any atom is -0.458 e. The van der Waals surface area contributed by atoms with E-state index >= 15 is 0 Å². The zero-order chi connectivity index (χ0) is 19.3. The SMILES string of the molecule is C=CCN(OCC(=O)OC(C)(C)C)S(=O)(=O)c1ccccc1[N+](=O)[O-]. The molecule has 0 aliphatic carbocycles. The van der Waals surface area contributed by atoms with Crippen molar-refractivity contribution in [2.24, 2.45) is 0 Å². The van der Waals surface area contributed by atoms with E-state index in [1.807, 2.05) is 0 Å². The van der Waals surface area contributed by atoms with Crippen LogP contribution < -0.4 is 0 Å². The lowest BCUT2D eigenvalue weighted by atomic mass is 10.2. The van der Waals surface area contributed by atoms with E-state index in [9.17, 15) is 23.3 Å².